The Labute approximate surface area is 190 Å². The smallest absolute Gasteiger partial charge is 0.115 e. The van der Waals surface area contributed by atoms with Gasteiger partial charge >= 0.3 is 0 Å². The molecule has 0 aromatic heterocycles. The molecule has 1 N–H and O–H groups in total. The van der Waals surface area contributed by atoms with Crippen LogP contribution >= 0.6 is 0 Å². The Hall–Kier alpha value is -2.54. The van der Waals surface area contributed by atoms with Gasteiger partial charge in [0.25, 0.3) is 0 Å². The van der Waals surface area contributed by atoms with Crippen LogP contribution in [0.3, 0.4) is 0 Å². The van der Waals surface area contributed by atoms with E-state index in [1.165, 1.54) is 0 Å². The first kappa shape index (κ1) is 21.3. The zero-order valence-electron chi connectivity index (χ0n) is 19.0. The molecular weight excluding hydrogens is 404 g/mol. The molecule has 32 heavy (non-hydrogen) atoms. The molecule has 1 fully saturated rings. The maximum Gasteiger partial charge on any atom is 0.115 e. The highest BCUT2D eigenvalue weighted by molar-refractivity contribution is 5.15. The van der Waals surface area contributed by atoms with Crippen LogP contribution in [-0.2, 0) is 38.8 Å². The van der Waals surface area contributed by atoms with Gasteiger partial charge in [0, 0.05) is 0 Å². The molecule has 1 aliphatic heterocycles. The summed E-state index contributed by atoms with van der Waals surface area (Å²) in [6.07, 6.45) is -3.01. The molecule has 4 rings (SSSR count). The summed E-state index contributed by atoms with van der Waals surface area (Å²) in [5, 5.41) is 10.7. The highest BCUT2D eigenvalue weighted by Gasteiger charge is 2.41. The van der Waals surface area contributed by atoms with Gasteiger partial charge in [-0.05, 0) is 16.7 Å². The van der Waals surface area contributed by atoms with E-state index in [1.807, 2.05) is 91.0 Å². The van der Waals surface area contributed by atoms with E-state index in [0.29, 0.717) is 19.8 Å². The van der Waals surface area contributed by atoms with Crippen LogP contribution in [0.15, 0.2) is 91.0 Å². The van der Waals surface area contributed by atoms with E-state index in [-0.39, 0.29) is 6.61 Å². The van der Waals surface area contributed by atoms with Gasteiger partial charge < -0.3 is 24.1 Å². The first-order valence-electron chi connectivity index (χ1n) is 11.5. The predicted molar refractivity (Wildman–Crippen MR) is 122 cm³/mol. The van der Waals surface area contributed by atoms with Crippen LogP contribution in [0, 0.1) is 0 Å². The third-order valence-corrected chi connectivity index (χ3v) is 5.38. The summed E-state index contributed by atoms with van der Waals surface area (Å²) in [5.41, 5.74) is 3.04. The highest BCUT2D eigenvalue weighted by Crippen LogP contribution is 2.24. The Morgan fingerprint density at radius 1 is 0.719 bits per heavy atom. The monoisotopic (exact) mass is 435 g/mol. The third-order valence-electron chi connectivity index (χ3n) is 5.38. The van der Waals surface area contributed by atoms with Crippen molar-refractivity contribution >= 4 is 0 Å². The van der Waals surface area contributed by atoms with Crippen molar-refractivity contribution in [2.45, 2.75) is 44.2 Å². The molecule has 5 heteroatoms. The fraction of sp³-hybridized carbons (Fsp3) is 0.333. The van der Waals surface area contributed by atoms with Gasteiger partial charge in [-0.25, -0.2) is 0 Å². The number of hydrogen-bond acceptors (Lipinski definition) is 5. The van der Waals surface area contributed by atoms with Crippen LogP contribution in [0.4, 0.5) is 0 Å². The number of aliphatic hydroxyl groups excluding tert-OH is 1. The molecule has 0 spiro atoms. The minimum absolute atomic E-state index is 0.224. The molecule has 168 valence electrons. The molecule has 3 aromatic carbocycles. The van der Waals surface area contributed by atoms with E-state index in [1.54, 1.807) is 0 Å². The van der Waals surface area contributed by atoms with Crippen molar-refractivity contribution in [3.05, 3.63) is 108 Å². The molecular formula is C27H30O5. The van der Waals surface area contributed by atoms with Crippen LogP contribution in [0.5, 0.6) is 0 Å². The molecule has 0 saturated carbocycles. The second-order valence-corrected chi connectivity index (χ2v) is 7.82. The topological polar surface area (TPSA) is 57.2 Å². The zero-order chi connectivity index (χ0) is 22.9. The Bertz CT molecular complexity index is 941. The number of hydrogen-bond donors (Lipinski definition) is 1. The van der Waals surface area contributed by atoms with Crippen molar-refractivity contribution in [2.24, 2.45) is 0 Å². The SMILES string of the molecule is [2H]C1O[C@H](COCc2ccccc2)[C@@H](OCc2ccccc2)[C@H](OCc2ccccc2)[C@@H]1O. The van der Waals surface area contributed by atoms with Crippen LogP contribution in [0.2, 0.25) is 0 Å². The van der Waals surface area contributed by atoms with Gasteiger partial charge in [0.05, 0.1) is 34.4 Å². The second-order valence-electron chi connectivity index (χ2n) is 7.82. The molecule has 0 aliphatic carbocycles. The van der Waals surface area contributed by atoms with Gasteiger partial charge in [0.2, 0.25) is 0 Å². The Balaban J connectivity index is 1.46. The molecule has 5 atom stereocenters. The number of benzene rings is 3. The van der Waals surface area contributed by atoms with Gasteiger partial charge in [-0.1, -0.05) is 91.0 Å². The molecule has 0 amide bonds. The Morgan fingerprint density at radius 3 is 1.72 bits per heavy atom. The normalized spacial score (nSPS) is 25.9. The van der Waals surface area contributed by atoms with Crippen molar-refractivity contribution in [3.63, 3.8) is 0 Å². The van der Waals surface area contributed by atoms with E-state index in [2.05, 4.69) is 0 Å². The number of ether oxygens (including phenoxy) is 4. The first-order chi connectivity index (χ1) is 16.2. The lowest BCUT2D eigenvalue weighted by Crippen LogP contribution is -2.56. The van der Waals surface area contributed by atoms with Gasteiger partial charge in [0.15, 0.2) is 0 Å². The van der Waals surface area contributed by atoms with Gasteiger partial charge in [-0.15, -0.1) is 0 Å². The van der Waals surface area contributed by atoms with E-state index >= 15 is 0 Å². The van der Waals surface area contributed by atoms with Crippen molar-refractivity contribution in [1.82, 2.24) is 0 Å². The summed E-state index contributed by atoms with van der Waals surface area (Å²) in [5.74, 6) is 0. The molecule has 1 heterocycles. The molecule has 1 aliphatic rings. The molecule has 1 saturated heterocycles. The number of rotatable bonds is 10. The highest BCUT2D eigenvalue weighted by atomic mass is 16.6. The molecule has 3 aromatic rings. The lowest BCUT2D eigenvalue weighted by molar-refractivity contribution is -0.234. The van der Waals surface area contributed by atoms with E-state index in [9.17, 15) is 5.11 Å². The van der Waals surface area contributed by atoms with Gasteiger partial charge in [-0.2, -0.15) is 0 Å². The average molecular weight is 436 g/mol. The largest absolute Gasteiger partial charge is 0.388 e. The van der Waals surface area contributed by atoms with Crippen LogP contribution < -0.4 is 0 Å². The van der Waals surface area contributed by atoms with Gasteiger partial charge in [0.1, 0.15) is 24.4 Å². The quantitative estimate of drug-likeness (QED) is 0.519. The fourth-order valence-corrected chi connectivity index (χ4v) is 3.67. The zero-order valence-corrected chi connectivity index (χ0v) is 18.0. The van der Waals surface area contributed by atoms with Crippen LogP contribution in [0.25, 0.3) is 0 Å². The molecule has 0 bridgehead atoms. The van der Waals surface area contributed by atoms with Crippen LogP contribution in [-0.4, -0.2) is 42.7 Å². The average Bonchev–Trinajstić information content (AvgIpc) is 2.86. The summed E-state index contributed by atoms with van der Waals surface area (Å²) in [7, 11) is 0. The minimum atomic E-state index is -1.15. The van der Waals surface area contributed by atoms with Crippen LogP contribution in [0.1, 0.15) is 18.1 Å². The molecule has 0 radical (unpaired) electrons. The van der Waals surface area contributed by atoms with E-state index in [4.69, 9.17) is 20.3 Å². The lowest BCUT2D eigenvalue weighted by Gasteiger charge is -2.40. The Morgan fingerprint density at radius 2 is 1.19 bits per heavy atom. The van der Waals surface area contributed by atoms with E-state index in [0.717, 1.165) is 16.7 Å². The fourth-order valence-electron chi connectivity index (χ4n) is 3.67. The summed E-state index contributed by atoms with van der Waals surface area (Å²) in [4.78, 5) is 0. The van der Waals surface area contributed by atoms with E-state index < -0.39 is 31.0 Å². The standard InChI is InChI=1S/C27H30O5/c28-24-19-30-25(20-29-16-21-10-4-1-5-11-21)27(32-18-23-14-8-3-9-15-23)26(24)31-17-22-12-6-2-7-13-22/h1-15,24-28H,16-20H2/t24-,25-,26-,27-/m1/s1/i19D/t19?,24-,25-,26-,27-. The minimum Gasteiger partial charge on any atom is -0.388 e. The predicted octanol–water partition coefficient (Wildman–Crippen LogP) is 4.13. The maximum atomic E-state index is 10.7. The Kier molecular flexibility index (Phi) is 7.93. The summed E-state index contributed by atoms with van der Waals surface area (Å²) >= 11 is 0. The van der Waals surface area contributed by atoms with Crippen molar-refractivity contribution in [1.29, 1.82) is 0 Å². The van der Waals surface area contributed by atoms with Crippen molar-refractivity contribution in [3.8, 4) is 0 Å². The maximum absolute atomic E-state index is 10.7. The molecule has 5 nitrogen and oxygen atoms in total. The molecule has 1 unspecified atom stereocenters. The van der Waals surface area contributed by atoms with Crippen molar-refractivity contribution in [2.75, 3.05) is 13.2 Å². The van der Waals surface area contributed by atoms with Crippen molar-refractivity contribution < 1.29 is 25.4 Å². The summed E-state index contributed by atoms with van der Waals surface area (Å²) in [6, 6.07) is 29.4. The summed E-state index contributed by atoms with van der Waals surface area (Å²) < 4.78 is 32.3. The number of aliphatic hydroxyl groups is 1. The van der Waals surface area contributed by atoms with Gasteiger partial charge in [-0.3, -0.25) is 0 Å². The lowest BCUT2D eigenvalue weighted by atomic mass is 9.99. The summed E-state index contributed by atoms with van der Waals surface area (Å²) in [6.45, 7) is 0.143. The second kappa shape index (κ2) is 11.9. The third kappa shape index (κ3) is 6.48. The first-order valence-corrected chi connectivity index (χ1v) is 10.9.